The molecular formula is C11H24N2OS. The number of hydrogen-bond acceptors (Lipinski definition) is 2. The van der Waals surface area contributed by atoms with Gasteiger partial charge in [0.25, 0.3) is 0 Å². The fourth-order valence-corrected chi connectivity index (χ4v) is 1.40. The quantitative estimate of drug-likeness (QED) is 0.520. The van der Waals surface area contributed by atoms with Gasteiger partial charge in [0.15, 0.2) is 5.11 Å². The smallest absolute Gasteiger partial charge is 0.166 e. The minimum Gasteiger partial charge on any atom is -0.379 e. The van der Waals surface area contributed by atoms with E-state index in [1.807, 2.05) is 0 Å². The fourth-order valence-electron chi connectivity index (χ4n) is 1.06. The zero-order chi connectivity index (χ0) is 11.7. The average molecular weight is 232 g/mol. The summed E-state index contributed by atoms with van der Waals surface area (Å²) in [5.74, 6) is 0. The van der Waals surface area contributed by atoms with Gasteiger partial charge >= 0.3 is 0 Å². The van der Waals surface area contributed by atoms with E-state index in [0.29, 0.717) is 12.1 Å². The van der Waals surface area contributed by atoms with E-state index in [9.17, 15) is 0 Å². The zero-order valence-corrected chi connectivity index (χ0v) is 11.1. The van der Waals surface area contributed by atoms with Crippen LogP contribution in [-0.2, 0) is 4.74 Å². The maximum absolute atomic E-state index is 5.44. The first-order valence-corrected chi connectivity index (χ1v) is 6.09. The Bertz CT molecular complexity index is 172. The number of hydrogen-bond donors (Lipinski definition) is 2. The van der Waals surface area contributed by atoms with Crippen LogP contribution < -0.4 is 10.6 Å². The van der Waals surface area contributed by atoms with Crippen molar-refractivity contribution >= 4 is 17.3 Å². The zero-order valence-electron chi connectivity index (χ0n) is 10.3. The largest absolute Gasteiger partial charge is 0.379 e. The molecule has 90 valence electrons. The number of rotatable bonds is 7. The van der Waals surface area contributed by atoms with Gasteiger partial charge in [-0.15, -0.1) is 0 Å². The normalized spacial score (nSPS) is 10.8. The second-order valence-electron chi connectivity index (χ2n) is 4.18. The molecule has 0 rings (SSSR count). The van der Waals surface area contributed by atoms with Gasteiger partial charge in [0.1, 0.15) is 0 Å². The van der Waals surface area contributed by atoms with Gasteiger partial charge in [-0.3, -0.25) is 0 Å². The van der Waals surface area contributed by atoms with E-state index in [2.05, 4.69) is 38.3 Å². The molecule has 0 unspecified atom stereocenters. The maximum Gasteiger partial charge on any atom is 0.166 e. The van der Waals surface area contributed by atoms with Crippen LogP contribution in [0, 0.1) is 0 Å². The molecule has 3 nitrogen and oxygen atoms in total. The Balaban J connectivity index is 3.20. The lowest BCUT2D eigenvalue weighted by Gasteiger charge is -2.13. The van der Waals surface area contributed by atoms with E-state index >= 15 is 0 Å². The lowest BCUT2D eigenvalue weighted by Crippen LogP contribution is -2.39. The molecule has 15 heavy (non-hydrogen) atoms. The predicted molar refractivity (Wildman–Crippen MR) is 69.2 cm³/mol. The van der Waals surface area contributed by atoms with Crippen LogP contribution in [0.4, 0.5) is 0 Å². The second-order valence-corrected chi connectivity index (χ2v) is 4.59. The van der Waals surface area contributed by atoms with Gasteiger partial charge in [-0.1, -0.05) is 0 Å². The molecule has 0 spiro atoms. The maximum atomic E-state index is 5.44. The Morgan fingerprint density at radius 2 is 1.87 bits per heavy atom. The number of thiocarbonyl (C=S) groups is 1. The summed E-state index contributed by atoms with van der Waals surface area (Å²) in [7, 11) is 0. The van der Waals surface area contributed by atoms with E-state index in [0.717, 1.165) is 31.1 Å². The van der Waals surface area contributed by atoms with Gasteiger partial charge < -0.3 is 15.4 Å². The predicted octanol–water partition coefficient (Wildman–Crippen LogP) is 2.06. The molecule has 0 aliphatic carbocycles. The first-order valence-electron chi connectivity index (χ1n) is 5.68. The van der Waals surface area contributed by atoms with Crippen LogP contribution in [0.3, 0.4) is 0 Å². The van der Waals surface area contributed by atoms with Crippen LogP contribution in [0.15, 0.2) is 0 Å². The molecule has 0 saturated heterocycles. The average Bonchev–Trinajstić information content (AvgIpc) is 2.09. The summed E-state index contributed by atoms with van der Waals surface area (Å²) in [6.45, 7) is 10.0. The highest BCUT2D eigenvalue weighted by Crippen LogP contribution is 1.93. The Labute approximate surface area is 99.0 Å². The summed E-state index contributed by atoms with van der Waals surface area (Å²) < 4.78 is 5.44. The highest BCUT2D eigenvalue weighted by molar-refractivity contribution is 7.80. The monoisotopic (exact) mass is 232 g/mol. The van der Waals surface area contributed by atoms with Crippen LogP contribution in [0.2, 0.25) is 0 Å². The minimum absolute atomic E-state index is 0.335. The van der Waals surface area contributed by atoms with Gasteiger partial charge in [0.05, 0.1) is 6.10 Å². The summed E-state index contributed by atoms with van der Waals surface area (Å²) in [6.07, 6.45) is 2.50. The van der Waals surface area contributed by atoms with Gasteiger partial charge in [-0.2, -0.15) is 0 Å². The summed E-state index contributed by atoms with van der Waals surface area (Å²) in [5, 5.41) is 7.05. The first kappa shape index (κ1) is 14.6. The standard InChI is InChI=1S/C11H24N2OS/c1-9(2)13-11(15)12-7-5-6-8-14-10(3)4/h9-10H,5-8H2,1-4H3,(H2,12,13,15). The molecule has 0 radical (unpaired) electrons. The SMILES string of the molecule is CC(C)NC(=S)NCCCCOC(C)C. The molecule has 2 N–H and O–H groups in total. The van der Waals surface area contributed by atoms with Crippen molar-refractivity contribution in [1.29, 1.82) is 0 Å². The molecule has 0 heterocycles. The van der Waals surface area contributed by atoms with Crippen LogP contribution in [-0.4, -0.2) is 30.4 Å². The highest BCUT2D eigenvalue weighted by Gasteiger charge is 1.97. The summed E-state index contributed by atoms with van der Waals surface area (Å²) in [6, 6.07) is 0.397. The van der Waals surface area contributed by atoms with Crippen molar-refractivity contribution in [2.45, 2.75) is 52.7 Å². The van der Waals surface area contributed by atoms with Crippen molar-refractivity contribution in [1.82, 2.24) is 10.6 Å². The molecule has 0 aliphatic heterocycles. The topological polar surface area (TPSA) is 33.3 Å². The van der Waals surface area contributed by atoms with Gasteiger partial charge in [0.2, 0.25) is 0 Å². The van der Waals surface area contributed by atoms with E-state index in [-0.39, 0.29) is 0 Å². The van der Waals surface area contributed by atoms with Crippen molar-refractivity contribution in [3.05, 3.63) is 0 Å². The third kappa shape index (κ3) is 11.6. The van der Waals surface area contributed by atoms with Crippen LogP contribution >= 0.6 is 12.2 Å². The van der Waals surface area contributed by atoms with Crippen LogP contribution in [0.1, 0.15) is 40.5 Å². The van der Waals surface area contributed by atoms with Gasteiger partial charge in [0, 0.05) is 19.2 Å². The van der Waals surface area contributed by atoms with Crippen LogP contribution in [0.5, 0.6) is 0 Å². The van der Waals surface area contributed by atoms with Crippen molar-refractivity contribution in [2.75, 3.05) is 13.2 Å². The molecular weight excluding hydrogens is 208 g/mol. The van der Waals surface area contributed by atoms with E-state index in [1.54, 1.807) is 0 Å². The molecule has 0 saturated carbocycles. The van der Waals surface area contributed by atoms with Crippen LogP contribution in [0.25, 0.3) is 0 Å². The summed E-state index contributed by atoms with van der Waals surface area (Å²) in [5.41, 5.74) is 0. The number of unbranched alkanes of at least 4 members (excludes halogenated alkanes) is 1. The molecule has 0 atom stereocenters. The lowest BCUT2D eigenvalue weighted by atomic mass is 10.3. The van der Waals surface area contributed by atoms with Crippen molar-refractivity contribution < 1.29 is 4.74 Å². The molecule has 0 aromatic heterocycles. The third-order valence-corrected chi connectivity index (χ3v) is 1.99. The Kier molecular flexibility index (Phi) is 8.71. The number of ether oxygens (including phenoxy) is 1. The van der Waals surface area contributed by atoms with Crippen molar-refractivity contribution in [2.24, 2.45) is 0 Å². The minimum atomic E-state index is 0.335. The highest BCUT2D eigenvalue weighted by atomic mass is 32.1. The fraction of sp³-hybridized carbons (Fsp3) is 0.909. The Morgan fingerprint density at radius 1 is 1.20 bits per heavy atom. The molecule has 0 aliphatic rings. The third-order valence-electron chi connectivity index (χ3n) is 1.73. The molecule has 0 aromatic rings. The molecule has 4 heteroatoms. The van der Waals surface area contributed by atoms with Crippen molar-refractivity contribution in [3.63, 3.8) is 0 Å². The molecule has 0 amide bonds. The summed E-state index contributed by atoms with van der Waals surface area (Å²) >= 11 is 5.10. The van der Waals surface area contributed by atoms with Gasteiger partial charge in [-0.25, -0.2) is 0 Å². The Hall–Kier alpha value is -0.350. The van der Waals surface area contributed by atoms with Gasteiger partial charge in [-0.05, 0) is 52.8 Å². The second kappa shape index (κ2) is 8.92. The molecule has 0 fully saturated rings. The van der Waals surface area contributed by atoms with E-state index in [1.165, 1.54) is 0 Å². The summed E-state index contributed by atoms with van der Waals surface area (Å²) in [4.78, 5) is 0. The Morgan fingerprint density at radius 3 is 2.40 bits per heavy atom. The van der Waals surface area contributed by atoms with Crippen molar-refractivity contribution in [3.8, 4) is 0 Å². The molecule has 0 aromatic carbocycles. The number of nitrogens with one attached hydrogen (secondary N) is 2. The lowest BCUT2D eigenvalue weighted by molar-refractivity contribution is 0.0762. The van der Waals surface area contributed by atoms with E-state index in [4.69, 9.17) is 17.0 Å². The molecule has 0 bridgehead atoms. The first-order chi connectivity index (χ1) is 7.02. The van der Waals surface area contributed by atoms with E-state index < -0.39 is 0 Å².